The van der Waals surface area contributed by atoms with E-state index in [1.165, 1.54) is 24.8 Å². The van der Waals surface area contributed by atoms with Crippen molar-refractivity contribution < 1.29 is 4.74 Å². The van der Waals surface area contributed by atoms with Crippen LogP contribution in [0.2, 0.25) is 0 Å². The first-order valence-corrected chi connectivity index (χ1v) is 7.48. The molecule has 0 aromatic rings. The summed E-state index contributed by atoms with van der Waals surface area (Å²) in [6, 6.07) is 0.504. The average molecular weight is 243 g/mol. The fraction of sp³-hybridized carbons (Fsp3) is 0.846. The molecular weight excluding hydrogens is 218 g/mol. The Hall–Kier alpha value is -0.150. The molecule has 3 heteroatoms. The third kappa shape index (κ3) is 4.79. The van der Waals surface area contributed by atoms with Crippen molar-refractivity contribution in [2.45, 2.75) is 51.3 Å². The average Bonchev–Trinajstić information content (AvgIpc) is 2.35. The van der Waals surface area contributed by atoms with Gasteiger partial charge >= 0.3 is 0 Å². The monoisotopic (exact) mass is 243 g/mol. The maximum atomic E-state index is 5.43. The van der Waals surface area contributed by atoms with E-state index in [-0.39, 0.29) is 0 Å². The van der Waals surface area contributed by atoms with Crippen LogP contribution in [0, 0.1) is 0 Å². The number of hydrogen-bond acceptors (Lipinski definition) is 3. The Kier molecular flexibility index (Phi) is 6.97. The van der Waals surface area contributed by atoms with Gasteiger partial charge < -0.3 is 10.1 Å². The normalized spacial score (nSPS) is 19.8. The van der Waals surface area contributed by atoms with Crippen molar-refractivity contribution in [2.24, 2.45) is 0 Å². The maximum Gasteiger partial charge on any atom is 0.0876 e. The molecule has 0 aliphatic carbocycles. The summed E-state index contributed by atoms with van der Waals surface area (Å²) in [7, 11) is 0. The van der Waals surface area contributed by atoms with E-state index in [1.54, 1.807) is 0 Å². The van der Waals surface area contributed by atoms with E-state index in [0.29, 0.717) is 6.04 Å². The molecule has 0 saturated heterocycles. The zero-order valence-corrected chi connectivity index (χ0v) is 11.6. The van der Waals surface area contributed by atoms with E-state index >= 15 is 0 Å². The molecule has 2 atom stereocenters. The van der Waals surface area contributed by atoms with Crippen LogP contribution in [-0.2, 0) is 4.74 Å². The van der Waals surface area contributed by atoms with Crippen LogP contribution in [0.15, 0.2) is 11.8 Å². The molecule has 1 rings (SSSR count). The van der Waals surface area contributed by atoms with Gasteiger partial charge in [-0.3, -0.25) is 0 Å². The van der Waals surface area contributed by atoms with Crippen LogP contribution in [0.5, 0.6) is 0 Å². The predicted octanol–water partition coefficient (Wildman–Crippen LogP) is 3.19. The summed E-state index contributed by atoms with van der Waals surface area (Å²) in [6.45, 7) is 8.65. The molecule has 0 spiro atoms. The Morgan fingerprint density at radius 1 is 1.50 bits per heavy atom. The lowest BCUT2D eigenvalue weighted by Crippen LogP contribution is -2.34. The number of thioether (sulfide) groups is 1. The van der Waals surface area contributed by atoms with Gasteiger partial charge in [0.25, 0.3) is 0 Å². The van der Waals surface area contributed by atoms with E-state index in [2.05, 4.69) is 37.8 Å². The van der Waals surface area contributed by atoms with Crippen LogP contribution in [0.4, 0.5) is 0 Å². The highest BCUT2D eigenvalue weighted by molar-refractivity contribution is 7.99. The Morgan fingerprint density at radius 2 is 2.31 bits per heavy atom. The van der Waals surface area contributed by atoms with Crippen LogP contribution in [0.3, 0.4) is 0 Å². The molecule has 1 aliphatic rings. The highest BCUT2D eigenvalue weighted by atomic mass is 32.2. The molecule has 0 bridgehead atoms. The van der Waals surface area contributed by atoms with Crippen molar-refractivity contribution in [1.29, 1.82) is 0 Å². The lowest BCUT2D eigenvalue weighted by Gasteiger charge is -2.24. The van der Waals surface area contributed by atoms with Gasteiger partial charge in [0.1, 0.15) is 0 Å². The van der Waals surface area contributed by atoms with Crippen molar-refractivity contribution in [3.05, 3.63) is 11.8 Å². The summed E-state index contributed by atoms with van der Waals surface area (Å²) >= 11 is 2.06. The van der Waals surface area contributed by atoms with Gasteiger partial charge in [-0.2, -0.15) is 11.8 Å². The first kappa shape index (κ1) is 13.9. The zero-order chi connectivity index (χ0) is 11.8. The summed E-state index contributed by atoms with van der Waals surface area (Å²) in [5.74, 6) is 1.16. The second-order valence-corrected chi connectivity index (χ2v) is 5.80. The predicted molar refractivity (Wildman–Crippen MR) is 72.9 cm³/mol. The summed E-state index contributed by atoms with van der Waals surface area (Å²) < 4.78 is 5.43. The Labute approximate surface area is 104 Å². The van der Waals surface area contributed by atoms with Crippen LogP contribution >= 0.6 is 11.8 Å². The first-order chi connectivity index (χ1) is 7.77. The van der Waals surface area contributed by atoms with Gasteiger partial charge in [0.15, 0.2) is 0 Å². The van der Waals surface area contributed by atoms with Crippen molar-refractivity contribution in [1.82, 2.24) is 5.32 Å². The van der Waals surface area contributed by atoms with Crippen molar-refractivity contribution >= 4 is 11.8 Å². The third-order valence-corrected chi connectivity index (χ3v) is 4.41. The van der Waals surface area contributed by atoms with Crippen LogP contribution in [0.25, 0.3) is 0 Å². The quantitative estimate of drug-likeness (QED) is 0.742. The number of nitrogens with one attached hydrogen (secondary N) is 1. The smallest absolute Gasteiger partial charge is 0.0876 e. The molecule has 0 aromatic carbocycles. The van der Waals surface area contributed by atoms with Gasteiger partial charge in [-0.15, -0.1) is 0 Å². The molecule has 1 N–H and O–H groups in total. The molecule has 94 valence electrons. The summed E-state index contributed by atoms with van der Waals surface area (Å²) in [6.07, 6.45) is 5.59. The summed E-state index contributed by atoms with van der Waals surface area (Å²) in [4.78, 5) is 0. The topological polar surface area (TPSA) is 21.3 Å². The van der Waals surface area contributed by atoms with Gasteiger partial charge in [0.05, 0.1) is 12.9 Å². The minimum absolute atomic E-state index is 0.504. The van der Waals surface area contributed by atoms with E-state index in [4.69, 9.17) is 4.74 Å². The fourth-order valence-electron chi connectivity index (χ4n) is 1.76. The second kappa shape index (κ2) is 8.02. The van der Waals surface area contributed by atoms with Crippen LogP contribution in [0.1, 0.15) is 40.0 Å². The maximum absolute atomic E-state index is 5.43. The van der Waals surface area contributed by atoms with Gasteiger partial charge in [0, 0.05) is 17.0 Å². The highest BCUT2D eigenvalue weighted by Gasteiger charge is 2.17. The summed E-state index contributed by atoms with van der Waals surface area (Å²) in [5.41, 5.74) is 1.45. The molecule has 0 radical (unpaired) electrons. The second-order valence-electron chi connectivity index (χ2n) is 4.33. The first-order valence-electron chi connectivity index (χ1n) is 6.43. The summed E-state index contributed by atoms with van der Waals surface area (Å²) in [5, 5.41) is 4.32. The molecule has 2 unspecified atom stereocenters. The van der Waals surface area contributed by atoms with Gasteiger partial charge in [0.2, 0.25) is 0 Å². The number of likely N-dealkylation sites (N-methyl/N-ethyl adjacent to an activating group) is 1. The highest BCUT2D eigenvalue weighted by Crippen LogP contribution is 2.22. The SMILES string of the molecule is CCNC(CSC(C)CC)C1=COCCC1. The number of ether oxygens (including phenoxy) is 1. The van der Waals surface area contributed by atoms with Gasteiger partial charge in [-0.05, 0) is 31.4 Å². The van der Waals surface area contributed by atoms with E-state index in [0.717, 1.165) is 24.2 Å². The largest absolute Gasteiger partial charge is 0.501 e. The van der Waals surface area contributed by atoms with E-state index in [9.17, 15) is 0 Å². The number of hydrogen-bond donors (Lipinski definition) is 1. The Balaban J connectivity index is 2.42. The molecule has 16 heavy (non-hydrogen) atoms. The van der Waals surface area contributed by atoms with Crippen molar-refractivity contribution in [3.63, 3.8) is 0 Å². The fourth-order valence-corrected chi connectivity index (χ4v) is 2.85. The molecular formula is C13H25NOS. The lowest BCUT2D eigenvalue weighted by atomic mass is 10.0. The van der Waals surface area contributed by atoms with Crippen molar-refractivity contribution in [3.8, 4) is 0 Å². The molecule has 0 aromatic heterocycles. The Morgan fingerprint density at radius 3 is 2.88 bits per heavy atom. The number of rotatable bonds is 7. The van der Waals surface area contributed by atoms with E-state index < -0.39 is 0 Å². The molecule has 1 heterocycles. The molecule has 0 saturated carbocycles. The zero-order valence-electron chi connectivity index (χ0n) is 10.8. The minimum Gasteiger partial charge on any atom is -0.501 e. The molecule has 2 nitrogen and oxygen atoms in total. The van der Waals surface area contributed by atoms with Gasteiger partial charge in [-0.1, -0.05) is 20.8 Å². The third-order valence-electron chi connectivity index (χ3n) is 2.98. The van der Waals surface area contributed by atoms with Crippen LogP contribution in [-0.4, -0.2) is 30.2 Å². The van der Waals surface area contributed by atoms with Gasteiger partial charge in [-0.25, -0.2) is 0 Å². The standard InChI is InChI=1S/C13H25NOS/c1-4-11(3)16-10-13(14-5-2)12-7-6-8-15-9-12/h9,11,13-14H,4-8,10H2,1-3H3. The molecule has 0 amide bonds. The minimum atomic E-state index is 0.504. The lowest BCUT2D eigenvalue weighted by molar-refractivity contribution is 0.220. The molecule has 0 fully saturated rings. The van der Waals surface area contributed by atoms with Crippen LogP contribution < -0.4 is 5.32 Å². The van der Waals surface area contributed by atoms with E-state index in [1.807, 2.05) is 6.26 Å². The molecule has 1 aliphatic heterocycles. The Bertz CT molecular complexity index is 218. The van der Waals surface area contributed by atoms with Crippen molar-refractivity contribution in [2.75, 3.05) is 18.9 Å².